The van der Waals surface area contributed by atoms with Crippen LogP contribution < -0.4 is 0 Å². The van der Waals surface area contributed by atoms with Gasteiger partial charge in [-0.2, -0.15) is 61.5 Å². The standard InChI is InChI=1S/C16H16F16O4/c17-9(18)11(21,22)13(25,26)15(29,30)16(31,32)14(27,28)12(23,24)10(19,20)1-2-34-3-7(33)4-35-5-8-6-36-8/h7-9,33H,1-6H2. The van der Waals surface area contributed by atoms with Crippen molar-refractivity contribution in [1.29, 1.82) is 0 Å². The van der Waals surface area contributed by atoms with E-state index in [0.717, 1.165) is 0 Å². The van der Waals surface area contributed by atoms with Gasteiger partial charge in [-0.25, -0.2) is 8.78 Å². The van der Waals surface area contributed by atoms with E-state index in [0.29, 0.717) is 6.61 Å². The van der Waals surface area contributed by atoms with Crippen LogP contribution in [0.15, 0.2) is 0 Å². The second-order valence-electron chi connectivity index (χ2n) is 7.47. The van der Waals surface area contributed by atoms with E-state index in [4.69, 9.17) is 9.47 Å². The van der Waals surface area contributed by atoms with Gasteiger partial charge in [-0.3, -0.25) is 0 Å². The summed E-state index contributed by atoms with van der Waals surface area (Å²) in [7, 11) is 0. The van der Waals surface area contributed by atoms with Gasteiger partial charge in [-0.15, -0.1) is 0 Å². The summed E-state index contributed by atoms with van der Waals surface area (Å²) < 4.78 is 225. The van der Waals surface area contributed by atoms with Crippen molar-refractivity contribution in [2.75, 3.05) is 33.0 Å². The highest BCUT2D eigenvalue weighted by molar-refractivity contribution is 5.14. The Kier molecular flexibility index (Phi) is 9.52. The molecule has 1 fully saturated rings. The van der Waals surface area contributed by atoms with Gasteiger partial charge in [0.05, 0.1) is 33.0 Å². The summed E-state index contributed by atoms with van der Waals surface area (Å²) in [6.45, 7) is -2.91. The second-order valence-corrected chi connectivity index (χ2v) is 7.47. The second kappa shape index (κ2) is 10.5. The first-order valence-corrected chi connectivity index (χ1v) is 9.29. The van der Waals surface area contributed by atoms with Crippen molar-refractivity contribution in [3.8, 4) is 0 Å². The normalized spacial score (nSPS) is 19.7. The third kappa shape index (κ3) is 5.74. The van der Waals surface area contributed by atoms with Gasteiger partial charge in [0.2, 0.25) is 0 Å². The van der Waals surface area contributed by atoms with E-state index in [1.807, 2.05) is 0 Å². The van der Waals surface area contributed by atoms with Crippen molar-refractivity contribution in [2.24, 2.45) is 0 Å². The molecule has 1 rings (SSSR count). The molecule has 1 saturated heterocycles. The number of epoxide rings is 1. The maximum atomic E-state index is 13.7. The van der Waals surface area contributed by atoms with Crippen molar-refractivity contribution in [3.05, 3.63) is 0 Å². The highest BCUT2D eigenvalue weighted by Gasteiger charge is 2.93. The van der Waals surface area contributed by atoms with E-state index < -0.39 is 80.2 Å². The first kappa shape index (κ1) is 32.7. The van der Waals surface area contributed by atoms with Gasteiger partial charge in [-0.1, -0.05) is 0 Å². The minimum absolute atomic E-state index is 0.0163. The Morgan fingerprint density at radius 1 is 0.694 bits per heavy atom. The van der Waals surface area contributed by atoms with E-state index in [2.05, 4.69) is 4.74 Å². The zero-order valence-electron chi connectivity index (χ0n) is 17.2. The van der Waals surface area contributed by atoms with E-state index in [9.17, 15) is 75.4 Å². The number of ether oxygens (including phenoxy) is 3. The molecule has 0 bridgehead atoms. The third-order valence-corrected chi connectivity index (χ3v) is 4.62. The van der Waals surface area contributed by atoms with Gasteiger partial charge in [0.25, 0.3) is 0 Å². The van der Waals surface area contributed by atoms with Crippen molar-refractivity contribution >= 4 is 0 Å². The van der Waals surface area contributed by atoms with Crippen LogP contribution in [0.5, 0.6) is 0 Å². The van der Waals surface area contributed by atoms with E-state index >= 15 is 0 Å². The smallest absolute Gasteiger partial charge is 0.384 e. The zero-order chi connectivity index (χ0) is 28.6. The van der Waals surface area contributed by atoms with Crippen LogP contribution in [-0.2, 0) is 14.2 Å². The lowest BCUT2D eigenvalue weighted by molar-refractivity contribution is -0.447. The summed E-state index contributed by atoms with van der Waals surface area (Å²) >= 11 is 0. The molecule has 0 spiro atoms. The molecule has 0 saturated carbocycles. The number of halogens is 16. The highest BCUT2D eigenvalue weighted by atomic mass is 19.4. The minimum atomic E-state index is -8.42. The minimum Gasteiger partial charge on any atom is -0.388 e. The molecule has 2 atom stereocenters. The van der Waals surface area contributed by atoms with Crippen LogP contribution in [0.1, 0.15) is 6.42 Å². The molecule has 4 nitrogen and oxygen atoms in total. The molecule has 2 unspecified atom stereocenters. The fraction of sp³-hybridized carbons (Fsp3) is 1.00. The molecule has 0 radical (unpaired) electrons. The van der Waals surface area contributed by atoms with Crippen LogP contribution in [0.2, 0.25) is 0 Å². The van der Waals surface area contributed by atoms with Gasteiger partial charge in [-0.05, 0) is 0 Å². The lowest BCUT2D eigenvalue weighted by atomic mass is 9.88. The van der Waals surface area contributed by atoms with Crippen molar-refractivity contribution in [1.82, 2.24) is 0 Å². The predicted octanol–water partition coefficient (Wildman–Crippen LogP) is 4.88. The lowest BCUT2D eigenvalue weighted by Crippen LogP contribution is -2.73. The van der Waals surface area contributed by atoms with Crippen LogP contribution in [0.4, 0.5) is 70.2 Å². The molecular formula is C16H16F16O4. The molecule has 1 aliphatic rings. The average molecular weight is 576 g/mol. The Hall–Kier alpha value is -1.28. The van der Waals surface area contributed by atoms with Gasteiger partial charge in [0.1, 0.15) is 12.2 Å². The van der Waals surface area contributed by atoms with E-state index in [1.165, 1.54) is 0 Å². The maximum Gasteiger partial charge on any atom is 0.384 e. The van der Waals surface area contributed by atoms with Crippen molar-refractivity contribution < 1.29 is 89.6 Å². The number of rotatable bonds is 16. The van der Waals surface area contributed by atoms with Crippen LogP contribution in [0.25, 0.3) is 0 Å². The lowest BCUT2D eigenvalue weighted by Gasteiger charge is -2.42. The van der Waals surface area contributed by atoms with Crippen LogP contribution in [0, 0.1) is 0 Å². The molecule has 1 aliphatic heterocycles. The fourth-order valence-electron chi connectivity index (χ4n) is 2.29. The van der Waals surface area contributed by atoms with Gasteiger partial charge in [0.15, 0.2) is 0 Å². The Balaban J connectivity index is 2.98. The highest BCUT2D eigenvalue weighted by Crippen LogP contribution is 2.63. The number of aliphatic hydroxyl groups is 1. The number of aliphatic hydroxyl groups excluding tert-OH is 1. The summed E-state index contributed by atoms with van der Waals surface area (Å²) in [5.74, 6) is -54.7. The fourth-order valence-corrected chi connectivity index (χ4v) is 2.29. The summed E-state index contributed by atoms with van der Waals surface area (Å²) in [4.78, 5) is 0. The third-order valence-electron chi connectivity index (χ3n) is 4.62. The Morgan fingerprint density at radius 3 is 1.56 bits per heavy atom. The summed E-state index contributed by atoms with van der Waals surface area (Å²) in [6.07, 6.45) is -10.4. The Bertz CT molecular complexity index is 725. The molecule has 216 valence electrons. The van der Waals surface area contributed by atoms with Crippen LogP contribution >= 0.6 is 0 Å². The van der Waals surface area contributed by atoms with Gasteiger partial charge < -0.3 is 19.3 Å². The topological polar surface area (TPSA) is 51.2 Å². The van der Waals surface area contributed by atoms with Crippen molar-refractivity contribution in [3.63, 3.8) is 0 Å². The molecule has 0 amide bonds. The van der Waals surface area contributed by atoms with Gasteiger partial charge >= 0.3 is 47.9 Å². The summed E-state index contributed by atoms with van der Waals surface area (Å²) in [6, 6.07) is 0. The Morgan fingerprint density at radius 2 is 1.11 bits per heavy atom. The molecule has 0 aliphatic carbocycles. The quantitative estimate of drug-likeness (QED) is 0.162. The molecule has 36 heavy (non-hydrogen) atoms. The monoisotopic (exact) mass is 576 g/mol. The SMILES string of the molecule is OC(COCCC(F)(F)C(F)(F)C(F)(F)C(F)(F)C(F)(F)C(F)(F)C(F)(F)C(F)F)COCC1CO1. The van der Waals surface area contributed by atoms with Gasteiger partial charge in [0, 0.05) is 6.42 Å². The van der Waals surface area contributed by atoms with E-state index in [1.54, 1.807) is 0 Å². The largest absolute Gasteiger partial charge is 0.388 e. The molecule has 0 aromatic carbocycles. The maximum absolute atomic E-state index is 13.7. The molecule has 1 N–H and O–H groups in total. The molecule has 1 heterocycles. The number of hydrogen-bond acceptors (Lipinski definition) is 4. The number of hydrogen-bond donors (Lipinski definition) is 1. The Labute approximate surface area is 190 Å². The molecular weight excluding hydrogens is 560 g/mol. The molecule has 20 heteroatoms. The average Bonchev–Trinajstić information content (AvgIpc) is 3.54. The first-order valence-electron chi connectivity index (χ1n) is 9.29. The molecule has 0 aromatic rings. The zero-order valence-corrected chi connectivity index (χ0v) is 17.2. The summed E-state index contributed by atoms with van der Waals surface area (Å²) in [5, 5.41) is 9.36. The molecule has 0 aromatic heterocycles. The van der Waals surface area contributed by atoms with E-state index in [-0.39, 0.29) is 12.7 Å². The van der Waals surface area contributed by atoms with Crippen molar-refractivity contribution in [2.45, 2.75) is 66.5 Å². The summed E-state index contributed by atoms with van der Waals surface area (Å²) in [5.41, 5.74) is 0. The van der Waals surface area contributed by atoms with Crippen LogP contribution in [0.3, 0.4) is 0 Å². The first-order chi connectivity index (χ1) is 15.9. The predicted molar refractivity (Wildman–Crippen MR) is 82.6 cm³/mol. The number of alkyl halides is 16. The van der Waals surface area contributed by atoms with Crippen LogP contribution in [-0.4, -0.2) is 98.2 Å².